The molecule has 0 saturated heterocycles. The van der Waals surface area contributed by atoms with E-state index in [9.17, 15) is 4.79 Å². The molecule has 0 aromatic rings. The van der Waals surface area contributed by atoms with E-state index in [0.717, 1.165) is 12.8 Å². The first kappa shape index (κ1) is 8.26. The molecule has 1 rings (SSSR count). The van der Waals surface area contributed by atoms with Gasteiger partial charge >= 0.3 is 0 Å². The third-order valence-electron chi connectivity index (χ3n) is 2.61. The highest BCUT2D eigenvalue weighted by Crippen LogP contribution is 2.44. The second-order valence-corrected chi connectivity index (χ2v) is 4.16. The summed E-state index contributed by atoms with van der Waals surface area (Å²) in [4.78, 5) is 11.6. The molecule has 0 heterocycles. The van der Waals surface area contributed by atoms with Crippen LogP contribution in [0.15, 0.2) is 0 Å². The Hall–Kier alpha value is -0.840. The topological polar surface area (TPSA) is 40.9 Å². The molecule has 1 fully saturated rings. The number of hydrogen-bond acceptors (Lipinski definition) is 2. The Morgan fingerprint density at radius 2 is 1.91 bits per heavy atom. The Morgan fingerprint density at radius 3 is 2.09 bits per heavy atom. The van der Waals surface area contributed by atoms with Crippen LogP contribution in [0.25, 0.3) is 0 Å². The van der Waals surface area contributed by atoms with Crippen LogP contribution in [0.1, 0.15) is 33.6 Å². The zero-order valence-electron chi connectivity index (χ0n) is 7.27. The van der Waals surface area contributed by atoms with Gasteiger partial charge in [0.15, 0.2) is 5.78 Å². The van der Waals surface area contributed by atoms with Gasteiger partial charge in [-0.2, -0.15) is 5.26 Å². The van der Waals surface area contributed by atoms with E-state index in [1.807, 2.05) is 13.8 Å². The highest BCUT2D eigenvalue weighted by Gasteiger charge is 2.49. The van der Waals surface area contributed by atoms with Gasteiger partial charge < -0.3 is 0 Å². The smallest absolute Gasteiger partial charge is 0.158 e. The molecule has 1 aliphatic rings. The molecule has 0 spiro atoms. The predicted octanol–water partition coefficient (Wildman–Crippen LogP) is 1.91. The largest absolute Gasteiger partial charge is 0.297 e. The van der Waals surface area contributed by atoms with Crippen molar-refractivity contribution in [3.05, 3.63) is 0 Å². The standard InChI is InChI=1S/C9H13NO/c1-8(2)4-5-9(3,6-10)7(8)11/h4-5H2,1-3H3. The lowest BCUT2D eigenvalue weighted by Gasteiger charge is -2.17. The van der Waals surface area contributed by atoms with Crippen LogP contribution in [0.3, 0.4) is 0 Å². The van der Waals surface area contributed by atoms with E-state index in [1.165, 1.54) is 0 Å². The molecular formula is C9H13NO. The first-order valence-electron chi connectivity index (χ1n) is 3.88. The van der Waals surface area contributed by atoms with Gasteiger partial charge in [-0.05, 0) is 19.8 Å². The van der Waals surface area contributed by atoms with Crippen LogP contribution in [0, 0.1) is 22.2 Å². The lowest BCUT2D eigenvalue weighted by atomic mass is 9.83. The average Bonchev–Trinajstić information content (AvgIpc) is 2.16. The molecule has 60 valence electrons. The SMILES string of the molecule is CC1(C)CCC(C)(C#N)C1=O. The number of nitrogens with zero attached hydrogens (tertiary/aromatic N) is 1. The number of carbonyl (C=O) groups is 1. The zero-order valence-corrected chi connectivity index (χ0v) is 7.27. The van der Waals surface area contributed by atoms with E-state index in [1.54, 1.807) is 6.92 Å². The molecule has 0 N–H and O–H groups in total. The first-order chi connectivity index (χ1) is 4.92. The van der Waals surface area contributed by atoms with Gasteiger partial charge in [0.05, 0.1) is 6.07 Å². The van der Waals surface area contributed by atoms with E-state index in [-0.39, 0.29) is 11.2 Å². The van der Waals surface area contributed by atoms with Gasteiger partial charge in [-0.1, -0.05) is 13.8 Å². The van der Waals surface area contributed by atoms with Gasteiger partial charge in [-0.15, -0.1) is 0 Å². The van der Waals surface area contributed by atoms with Crippen LogP contribution in [-0.2, 0) is 4.79 Å². The first-order valence-corrected chi connectivity index (χ1v) is 3.88. The molecular weight excluding hydrogens is 138 g/mol. The summed E-state index contributed by atoms with van der Waals surface area (Å²) in [5.74, 6) is 0.104. The lowest BCUT2D eigenvalue weighted by molar-refractivity contribution is -0.129. The second-order valence-electron chi connectivity index (χ2n) is 4.16. The van der Waals surface area contributed by atoms with Crippen LogP contribution in [0.5, 0.6) is 0 Å². The van der Waals surface area contributed by atoms with Crippen LogP contribution < -0.4 is 0 Å². The van der Waals surface area contributed by atoms with E-state index >= 15 is 0 Å². The summed E-state index contributed by atoms with van der Waals surface area (Å²) >= 11 is 0. The summed E-state index contributed by atoms with van der Waals surface area (Å²) in [5.41, 5.74) is -0.978. The van der Waals surface area contributed by atoms with Crippen molar-refractivity contribution < 1.29 is 4.79 Å². The quantitative estimate of drug-likeness (QED) is 0.530. The van der Waals surface area contributed by atoms with Crippen molar-refractivity contribution in [2.75, 3.05) is 0 Å². The third kappa shape index (κ3) is 1.05. The van der Waals surface area contributed by atoms with Crippen LogP contribution >= 0.6 is 0 Å². The van der Waals surface area contributed by atoms with E-state index in [4.69, 9.17) is 5.26 Å². The number of hydrogen-bond donors (Lipinski definition) is 0. The summed E-state index contributed by atoms with van der Waals surface area (Å²) in [7, 11) is 0. The minimum absolute atomic E-state index is 0.104. The normalized spacial score (nSPS) is 35.3. The minimum atomic E-state index is -0.705. The maximum absolute atomic E-state index is 11.6. The molecule has 0 radical (unpaired) electrons. The minimum Gasteiger partial charge on any atom is -0.297 e. The van der Waals surface area contributed by atoms with Crippen molar-refractivity contribution in [2.24, 2.45) is 10.8 Å². The third-order valence-corrected chi connectivity index (χ3v) is 2.61. The Morgan fingerprint density at radius 1 is 1.36 bits per heavy atom. The Labute approximate surface area is 67.2 Å². The predicted molar refractivity (Wildman–Crippen MR) is 41.7 cm³/mol. The highest BCUT2D eigenvalue weighted by atomic mass is 16.1. The highest BCUT2D eigenvalue weighted by molar-refractivity contribution is 5.93. The Balaban J connectivity index is 2.98. The molecule has 0 amide bonds. The second kappa shape index (κ2) is 2.07. The van der Waals surface area contributed by atoms with Gasteiger partial charge in [0.1, 0.15) is 5.41 Å². The number of Topliss-reactive ketones (excluding diaryl/α,β-unsaturated/α-hetero) is 1. The molecule has 0 aromatic carbocycles. The maximum atomic E-state index is 11.6. The number of rotatable bonds is 0. The number of ketones is 1. The molecule has 0 aliphatic heterocycles. The molecule has 2 heteroatoms. The number of nitriles is 1. The van der Waals surface area contributed by atoms with Crippen LogP contribution in [-0.4, -0.2) is 5.78 Å². The molecule has 1 aliphatic carbocycles. The summed E-state index contributed by atoms with van der Waals surface area (Å²) in [6.07, 6.45) is 1.56. The average molecular weight is 151 g/mol. The fourth-order valence-corrected chi connectivity index (χ4v) is 1.64. The van der Waals surface area contributed by atoms with Gasteiger partial charge in [-0.25, -0.2) is 0 Å². The van der Waals surface area contributed by atoms with Gasteiger partial charge in [0, 0.05) is 5.41 Å². The molecule has 1 unspecified atom stereocenters. The number of carbonyl (C=O) groups excluding carboxylic acids is 1. The van der Waals surface area contributed by atoms with Crippen molar-refractivity contribution in [3.63, 3.8) is 0 Å². The lowest BCUT2D eigenvalue weighted by Crippen LogP contribution is -2.28. The summed E-state index contributed by atoms with van der Waals surface area (Å²) < 4.78 is 0. The van der Waals surface area contributed by atoms with Gasteiger partial charge in [-0.3, -0.25) is 4.79 Å². The van der Waals surface area contributed by atoms with Crippen molar-refractivity contribution in [1.29, 1.82) is 5.26 Å². The van der Waals surface area contributed by atoms with Crippen molar-refractivity contribution in [2.45, 2.75) is 33.6 Å². The monoisotopic (exact) mass is 151 g/mol. The molecule has 1 saturated carbocycles. The molecule has 0 bridgehead atoms. The maximum Gasteiger partial charge on any atom is 0.158 e. The van der Waals surface area contributed by atoms with Crippen molar-refractivity contribution >= 4 is 5.78 Å². The van der Waals surface area contributed by atoms with Crippen LogP contribution in [0.2, 0.25) is 0 Å². The Kier molecular flexibility index (Phi) is 1.56. The fraction of sp³-hybridized carbons (Fsp3) is 0.778. The van der Waals surface area contributed by atoms with E-state index < -0.39 is 5.41 Å². The van der Waals surface area contributed by atoms with Gasteiger partial charge in [0.2, 0.25) is 0 Å². The van der Waals surface area contributed by atoms with Gasteiger partial charge in [0.25, 0.3) is 0 Å². The summed E-state index contributed by atoms with van der Waals surface area (Å²) in [5, 5.41) is 8.76. The van der Waals surface area contributed by atoms with Crippen LogP contribution in [0.4, 0.5) is 0 Å². The summed E-state index contributed by atoms with van der Waals surface area (Å²) in [6, 6.07) is 2.10. The van der Waals surface area contributed by atoms with E-state index in [2.05, 4.69) is 6.07 Å². The fourth-order valence-electron chi connectivity index (χ4n) is 1.64. The summed E-state index contributed by atoms with van der Waals surface area (Å²) in [6.45, 7) is 5.57. The van der Waals surface area contributed by atoms with Crippen molar-refractivity contribution in [1.82, 2.24) is 0 Å². The molecule has 11 heavy (non-hydrogen) atoms. The van der Waals surface area contributed by atoms with E-state index in [0.29, 0.717) is 0 Å². The molecule has 0 aromatic heterocycles. The Bertz CT molecular complexity index is 236. The van der Waals surface area contributed by atoms with Crippen molar-refractivity contribution in [3.8, 4) is 6.07 Å². The zero-order chi connectivity index (χ0) is 8.70. The molecule has 2 nitrogen and oxygen atoms in total. The molecule has 1 atom stereocenters.